The van der Waals surface area contributed by atoms with E-state index in [0.717, 1.165) is 49.3 Å². The topological polar surface area (TPSA) is 130 Å². The number of carbonyl (C=O) groups excluding carboxylic acids is 1. The molecule has 202 valence electrons. The van der Waals surface area contributed by atoms with Crippen molar-refractivity contribution in [2.75, 3.05) is 26.7 Å². The van der Waals surface area contributed by atoms with E-state index in [4.69, 9.17) is 42.8 Å². The number of amides is 2. The number of piperidine rings is 1. The van der Waals surface area contributed by atoms with Crippen LogP contribution in [0.1, 0.15) is 24.2 Å². The third-order valence-electron chi connectivity index (χ3n) is 5.89. The zero-order valence-corrected chi connectivity index (χ0v) is 22.7. The SMILES string of the molecule is CNC(=O)NCC1CCN(Cc2cc(Oc3cnc(C)nc3)nc(-c3cc(Cl)cc(Cl)c3)c2)CC1.O=CO. The molecule has 2 amide bonds. The van der Waals surface area contributed by atoms with E-state index >= 15 is 0 Å². The molecule has 1 fully saturated rings. The maximum absolute atomic E-state index is 11.5. The number of aryl methyl sites for hydroxylation is 1. The number of benzene rings is 1. The Bertz CT molecular complexity index is 1200. The van der Waals surface area contributed by atoms with Crippen LogP contribution in [-0.2, 0) is 11.3 Å². The second-order valence-electron chi connectivity index (χ2n) is 8.71. The van der Waals surface area contributed by atoms with Gasteiger partial charge in [0, 0.05) is 41.8 Å². The molecule has 1 saturated heterocycles. The van der Waals surface area contributed by atoms with Gasteiger partial charge in [0.2, 0.25) is 5.88 Å². The first-order valence-electron chi connectivity index (χ1n) is 12.0. The van der Waals surface area contributed by atoms with E-state index in [0.29, 0.717) is 40.0 Å². The number of urea groups is 1. The van der Waals surface area contributed by atoms with Crippen LogP contribution in [0.15, 0.2) is 42.7 Å². The molecule has 0 unspecified atom stereocenters. The van der Waals surface area contributed by atoms with E-state index in [2.05, 4.69) is 25.5 Å². The normalized spacial score (nSPS) is 13.7. The van der Waals surface area contributed by atoms with Crippen molar-refractivity contribution >= 4 is 35.7 Å². The molecule has 10 nitrogen and oxygen atoms in total. The van der Waals surface area contributed by atoms with E-state index in [1.807, 2.05) is 31.2 Å². The zero-order valence-electron chi connectivity index (χ0n) is 21.2. The molecule has 12 heteroatoms. The maximum Gasteiger partial charge on any atom is 0.314 e. The highest BCUT2D eigenvalue weighted by molar-refractivity contribution is 6.35. The summed E-state index contributed by atoms with van der Waals surface area (Å²) in [6.07, 6.45) is 5.31. The lowest BCUT2D eigenvalue weighted by Crippen LogP contribution is -2.40. The average Bonchev–Trinajstić information content (AvgIpc) is 2.89. The molecule has 0 atom stereocenters. The summed E-state index contributed by atoms with van der Waals surface area (Å²) in [7, 11) is 1.63. The van der Waals surface area contributed by atoms with Crippen LogP contribution in [0.2, 0.25) is 10.0 Å². The lowest BCUT2D eigenvalue weighted by Gasteiger charge is -2.32. The summed E-state index contributed by atoms with van der Waals surface area (Å²) in [6.45, 7) is 4.91. The smallest absolute Gasteiger partial charge is 0.314 e. The molecule has 3 N–H and O–H groups in total. The molecule has 4 rings (SSSR count). The number of hydrogen-bond acceptors (Lipinski definition) is 7. The number of nitrogens with zero attached hydrogens (tertiary/aromatic N) is 4. The van der Waals surface area contributed by atoms with Crippen LogP contribution in [0.25, 0.3) is 11.3 Å². The van der Waals surface area contributed by atoms with Gasteiger partial charge in [0.05, 0.1) is 18.1 Å². The van der Waals surface area contributed by atoms with E-state index in [-0.39, 0.29) is 12.5 Å². The Labute approximate surface area is 231 Å². The number of rotatable bonds is 7. The summed E-state index contributed by atoms with van der Waals surface area (Å²) < 4.78 is 6.00. The summed E-state index contributed by atoms with van der Waals surface area (Å²) >= 11 is 12.5. The van der Waals surface area contributed by atoms with Gasteiger partial charge in [-0.1, -0.05) is 23.2 Å². The van der Waals surface area contributed by atoms with Crippen molar-refractivity contribution in [1.29, 1.82) is 0 Å². The lowest BCUT2D eigenvalue weighted by atomic mass is 9.96. The van der Waals surface area contributed by atoms with Gasteiger partial charge in [0.25, 0.3) is 6.47 Å². The van der Waals surface area contributed by atoms with Crippen LogP contribution in [0.3, 0.4) is 0 Å². The molecule has 1 aliphatic heterocycles. The standard InChI is InChI=1S/C25H28Cl2N6O2.CH2O2/c1-16-29-13-22(14-30-16)35-24-8-18(7-23(32-24)19-9-20(26)11-21(27)10-19)15-33-5-3-17(4-6-33)12-31-25(34)28-2;2-1-3/h7-11,13-14,17H,3-6,12,15H2,1-2H3,(H2,28,31,34);1H,(H,2,3). The minimum atomic E-state index is -0.250. The highest BCUT2D eigenvalue weighted by atomic mass is 35.5. The Balaban J connectivity index is 0.00000127. The highest BCUT2D eigenvalue weighted by Crippen LogP contribution is 2.30. The van der Waals surface area contributed by atoms with Crippen LogP contribution in [0, 0.1) is 12.8 Å². The lowest BCUT2D eigenvalue weighted by molar-refractivity contribution is -0.122. The largest absolute Gasteiger partial charge is 0.483 e. The van der Waals surface area contributed by atoms with Crippen LogP contribution in [-0.4, -0.2) is 64.1 Å². The van der Waals surface area contributed by atoms with E-state index in [1.54, 1.807) is 25.5 Å². The number of pyridine rings is 1. The van der Waals surface area contributed by atoms with Gasteiger partial charge in [-0.25, -0.2) is 19.7 Å². The Kier molecular flexibility index (Phi) is 11.1. The van der Waals surface area contributed by atoms with Gasteiger partial charge in [-0.05, 0) is 68.6 Å². The number of aromatic nitrogens is 3. The summed E-state index contributed by atoms with van der Waals surface area (Å²) in [5.41, 5.74) is 2.60. The predicted octanol–water partition coefficient (Wildman–Crippen LogP) is 4.79. The zero-order chi connectivity index (χ0) is 27.5. The fourth-order valence-corrected chi connectivity index (χ4v) is 4.56. The molecule has 0 saturated carbocycles. The molecule has 2 aromatic heterocycles. The number of halogens is 2. The molecule has 3 aromatic rings. The fourth-order valence-electron chi connectivity index (χ4n) is 4.04. The summed E-state index contributed by atoms with van der Waals surface area (Å²) in [5.74, 6) is 2.11. The maximum atomic E-state index is 11.5. The summed E-state index contributed by atoms with van der Waals surface area (Å²) in [4.78, 5) is 35.3. The van der Waals surface area contributed by atoms with Gasteiger partial charge in [-0.15, -0.1) is 0 Å². The second-order valence-corrected chi connectivity index (χ2v) is 9.58. The number of carbonyl (C=O) groups is 2. The summed E-state index contributed by atoms with van der Waals surface area (Å²) in [5, 5.41) is 13.5. The highest BCUT2D eigenvalue weighted by Gasteiger charge is 2.20. The molecular formula is C26H30Cl2N6O4. The third-order valence-corrected chi connectivity index (χ3v) is 6.33. The quantitative estimate of drug-likeness (QED) is 0.352. The molecular weight excluding hydrogens is 531 g/mol. The molecule has 1 aliphatic rings. The minimum Gasteiger partial charge on any atom is -0.483 e. The van der Waals surface area contributed by atoms with E-state index in [1.165, 1.54) is 0 Å². The molecule has 0 bridgehead atoms. The first kappa shape index (κ1) is 29.1. The van der Waals surface area contributed by atoms with Gasteiger partial charge in [-0.3, -0.25) is 9.69 Å². The van der Waals surface area contributed by atoms with Gasteiger partial charge in [-0.2, -0.15) is 0 Å². The Morgan fingerprint density at radius 3 is 2.37 bits per heavy atom. The van der Waals surface area contributed by atoms with Gasteiger partial charge in [0.1, 0.15) is 5.82 Å². The Hall–Kier alpha value is -3.47. The van der Waals surface area contributed by atoms with Crippen LogP contribution >= 0.6 is 23.2 Å². The number of nitrogens with one attached hydrogen (secondary N) is 2. The van der Waals surface area contributed by atoms with Gasteiger partial charge in [0.15, 0.2) is 5.75 Å². The summed E-state index contributed by atoms with van der Waals surface area (Å²) in [6, 6.07) is 9.21. The fraction of sp³-hybridized carbons (Fsp3) is 0.346. The molecule has 1 aromatic carbocycles. The molecule has 38 heavy (non-hydrogen) atoms. The number of likely N-dealkylation sites (tertiary alicyclic amines) is 1. The molecule has 0 radical (unpaired) electrons. The first-order chi connectivity index (χ1) is 18.3. The van der Waals surface area contributed by atoms with Crippen molar-refractivity contribution in [2.24, 2.45) is 5.92 Å². The van der Waals surface area contributed by atoms with Gasteiger partial charge < -0.3 is 20.5 Å². The van der Waals surface area contributed by atoms with E-state index < -0.39 is 0 Å². The van der Waals surface area contributed by atoms with E-state index in [9.17, 15) is 4.79 Å². The third kappa shape index (κ3) is 9.13. The number of carboxylic acid groups (broad SMARTS) is 1. The Morgan fingerprint density at radius 1 is 1.13 bits per heavy atom. The number of ether oxygens (including phenoxy) is 1. The van der Waals surface area contributed by atoms with Crippen molar-refractivity contribution < 1.29 is 19.4 Å². The van der Waals surface area contributed by atoms with Crippen molar-refractivity contribution in [3.05, 3.63) is 64.2 Å². The van der Waals surface area contributed by atoms with Crippen molar-refractivity contribution in [2.45, 2.75) is 26.3 Å². The first-order valence-corrected chi connectivity index (χ1v) is 12.7. The molecule has 0 aliphatic carbocycles. The Morgan fingerprint density at radius 2 is 1.76 bits per heavy atom. The average molecular weight is 561 g/mol. The van der Waals surface area contributed by atoms with Gasteiger partial charge >= 0.3 is 6.03 Å². The van der Waals surface area contributed by atoms with Crippen LogP contribution in [0.5, 0.6) is 11.6 Å². The molecule has 3 heterocycles. The van der Waals surface area contributed by atoms with Crippen LogP contribution < -0.4 is 15.4 Å². The van der Waals surface area contributed by atoms with Crippen molar-refractivity contribution in [3.63, 3.8) is 0 Å². The number of hydrogen-bond donors (Lipinski definition) is 3. The predicted molar refractivity (Wildman–Crippen MR) is 146 cm³/mol. The van der Waals surface area contributed by atoms with Crippen LogP contribution in [0.4, 0.5) is 4.79 Å². The van der Waals surface area contributed by atoms with Crippen molar-refractivity contribution in [3.8, 4) is 22.9 Å². The van der Waals surface area contributed by atoms with Crippen molar-refractivity contribution in [1.82, 2.24) is 30.5 Å². The second kappa shape index (κ2) is 14.5. The minimum absolute atomic E-state index is 0.135. The monoisotopic (exact) mass is 560 g/mol. The molecule has 0 spiro atoms.